The third-order valence-corrected chi connectivity index (χ3v) is 9.26. The van der Waals surface area contributed by atoms with Gasteiger partial charge in [0.25, 0.3) is 0 Å². The Bertz CT molecular complexity index is 1610. The predicted molar refractivity (Wildman–Crippen MR) is 163 cm³/mol. The van der Waals surface area contributed by atoms with Crippen LogP contribution in [-0.2, 0) is 32.1 Å². The van der Waals surface area contributed by atoms with Crippen LogP contribution in [0, 0.1) is 18.2 Å². The van der Waals surface area contributed by atoms with E-state index in [1.165, 1.54) is 39.3 Å². The summed E-state index contributed by atoms with van der Waals surface area (Å²) in [4.78, 5) is 30.0. The highest BCUT2D eigenvalue weighted by atomic mass is 19.4. The molecule has 0 aliphatic heterocycles. The first-order valence-electron chi connectivity index (χ1n) is 15.1. The number of esters is 1. The Kier molecular flexibility index (Phi) is 10.1. The van der Waals surface area contributed by atoms with E-state index in [0.29, 0.717) is 40.9 Å². The van der Waals surface area contributed by atoms with Crippen molar-refractivity contribution >= 4 is 17.4 Å². The summed E-state index contributed by atoms with van der Waals surface area (Å²) in [6, 6.07) is 7.26. The average Bonchev–Trinajstić information content (AvgIpc) is 2.99. The van der Waals surface area contributed by atoms with Crippen LogP contribution in [0.4, 0.5) is 36.4 Å². The smallest absolute Gasteiger partial charge is 0.416 e. The van der Waals surface area contributed by atoms with Crippen molar-refractivity contribution in [2.75, 3.05) is 19.0 Å². The first kappa shape index (κ1) is 35.9. The molecule has 4 rings (SSSR count). The van der Waals surface area contributed by atoms with E-state index < -0.39 is 52.6 Å². The summed E-state index contributed by atoms with van der Waals surface area (Å²) in [5.41, 5.74) is -2.33. The van der Waals surface area contributed by atoms with Gasteiger partial charge in [0, 0.05) is 17.2 Å². The Balaban J connectivity index is 1.63. The molecule has 5 nitrogen and oxygen atoms in total. The molecule has 0 amide bonds. The Labute approximate surface area is 268 Å². The van der Waals surface area contributed by atoms with Gasteiger partial charge in [-0.2, -0.15) is 26.3 Å². The Morgan fingerprint density at radius 2 is 1.49 bits per heavy atom. The van der Waals surface area contributed by atoms with E-state index in [4.69, 9.17) is 4.74 Å². The number of alkyl halides is 6. The van der Waals surface area contributed by atoms with Gasteiger partial charge in [0.1, 0.15) is 5.82 Å². The van der Waals surface area contributed by atoms with E-state index in [9.17, 15) is 40.3 Å². The van der Waals surface area contributed by atoms with Gasteiger partial charge in [-0.1, -0.05) is 13.0 Å². The molecule has 0 radical (unpaired) electrons. The minimum Gasteiger partial charge on any atom is -0.469 e. The van der Waals surface area contributed by atoms with Crippen molar-refractivity contribution in [2.24, 2.45) is 5.41 Å². The Morgan fingerprint density at radius 3 is 2.02 bits per heavy atom. The van der Waals surface area contributed by atoms with E-state index in [1.807, 2.05) is 6.07 Å². The summed E-state index contributed by atoms with van der Waals surface area (Å²) in [7, 11) is 1.36. The summed E-state index contributed by atoms with van der Waals surface area (Å²) in [6.45, 7) is 5.89. The van der Waals surface area contributed by atoms with Crippen LogP contribution in [0.2, 0.25) is 0 Å². The summed E-state index contributed by atoms with van der Waals surface area (Å²) >= 11 is 0. The van der Waals surface area contributed by atoms with Gasteiger partial charge in [0.15, 0.2) is 5.78 Å². The van der Waals surface area contributed by atoms with Crippen molar-refractivity contribution in [2.45, 2.75) is 83.5 Å². The number of benzene rings is 2. The van der Waals surface area contributed by atoms with Gasteiger partial charge in [-0.15, -0.1) is 0 Å². The zero-order valence-corrected chi connectivity index (χ0v) is 26.8. The average molecular weight is 667 g/mol. The fraction of sp³-hybridized carbons (Fsp3) is 0.457. The number of nitrogens with zero attached hydrogens (tertiary/aromatic N) is 1. The van der Waals surface area contributed by atoms with Crippen LogP contribution in [0.25, 0.3) is 11.1 Å². The minimum atomic E-state index is -5.05. The second kappa shape index (κ2) is 13.3. The number of carbonyl (C=O) groups excluding carboxylic acids is 2. The number of aromatic nitrogens is 1. The molecule has 1 aliphatic rings. The van der Waals surface area contributed by atoms with Gasteiger partial charge in [0.2, 0.25) is 0 Å². The summed E-state index contributed by atoms with van der Waals surface area (Å²) in [6.07, 6.45) is -5.19. The molecule has 47 heavy (non-hydrogen) atoms. The zero-order chi connectivity index (χ0) is 34.9. The first-order chi connectivity index (χ1) is 21.7. The maximum absolute atomic E-state index is 14.0. The molecule has 12 heteroatoms. The van der Waals surface area contributed by atoms with Crippen molar-refractivity contribution in [1.29, 1.82) is 0 Å². The number of ketones is 1. The third-order valence-electron chi connectivity index (χ3n) is 9.26. The number of aryl methyl sites for hydroxylation is 1. The highest BCUT2D eigenvalue weighted by Crippen LogP contribution is 2.46. The lowest BCUT2D eigenvalue weighted by Gasteiger charge is -2.36. The van der Waals surface area contributed by atoms with Crippen LogP contribution < -0.4 is 5.32 Å². The predicted octanol–water partition coefficient (Wildman–Crippen LogP) is 9.42. The van der Waals surface area contributed by atoms with Crippen LogP contribution in [0.5, 0.6) is 0 Å². The Morgan fingerprint density at radius 1 is 0.915 bits per heavy atom. The number of ether oxygens (including phenoxy) is 1. The van der Waals surface area contributed by atoms with Crippen molar-refractivity contribution in [3.63, 3.8) is 0 Å². The van der Waals surface area contributed by atoms with Crippen molar-refractivity contribution in [3.05, 3.63) is 82.4 Å². The number of pyridine rings is 1. The van der Waals surface area contributed by atoms with Gasteiger partial charge in [0.05, 0.1) is 48.5 Å². The standard InChI is InChI=1S/C35H37F7N2O3/c1-20-12-25(36)6-7-26(20)27-16-28(21-8-10-33(4,11-9-21)17-31(46)47-5)43-18-29(27)44-19-30(45)32(2,3)22-13-23(34(37,38)39)15-24(14-22)35(40,41)42/h6-7,12-16,18,21,44H,8-11,17,19H2,1-5H3. The van der Waals surface area contributed by atoms with E-state index in [2.05, 4.69) is 17.2 Å². The first-order valence-corrected chi connectivity index (χ1v) is 15.1. The fourth-order valence-corrected chi connectivity index (χ4v) is 6.07. The number of nitrogens with one attached hydrogen (secondary N) is 1. The van der Waals surface area contributed by atoms with Crippen LogP contribution in [0.15, 0.2) is 48.7 Å². The van der Waals surface area contributed by atoms with Crippen LogP contribution in [0.3, 0.4) is 0 Å². The summed E-state index contributed by atoms with van der Waals surface area (Å²) in [5.74, 6) is -1.30. The van der Waals surface area contributed by atoms with Crippen molar-refractivity contribution in [1.82, 2.24) is 4.98 Å². The van der Waals surface area contributed by atoms with E-state index in [-0.39, 0.29) is 23.4 Å². The molecule has 1 saturated carbocycles. The molecule has 1 aliphatic carbocycles. The monoisotopic (exact) mass is 666 g/mol. The topological polar surface area (TPSA) is 68.3 Å². The number of hydrogen-bond acceptors (Lipinski definition) is 5. The second-order valence-electron chi connectivity index (χ2n) is 13.1. The van der Waals surface area contributed by atoms with Gasteiger partial charge < -0.3 is 10.1 Å². The number of hydrogen-bond donors (Lipinski definition) is 1. The lowest BCUT2D eigenvalue weighted by atomic mass is 9.69. The summed E-state index contributed by atoms with van der Waals surface area (Å²) < 4.78 is 100.0. The molecular weight excluding hydrogens is 629 g/mol. The third kappa shape index (κ3) is 8.31. The number of anilines is 1. The molecule has 0 unspecified atom stereocenters. The molecule has 1 N–H and O–H groups in total. The molecule has 3 aromatic rings. The van der Waals surface area contributed by atoms with Crippen LogP contribution in [0.1, 0.15) is 86.7 Å². The van der Waals surface area contributed by atoms with Gasteiger partial charge in [-0.25, -0.2) is 4.39 Å². The number of Topliss-reactive ketones (excluding diaryl/α,β-unsaturated/α-hetero) is 1. The second-order valence-corrected chi connectivity index (χ2v) is 13.1. The maximum atomic E-state index is 14.0. The Hall–Kier alpha value is -3.96. The largest absolute Gasteiger partial charge is 0.469 e. The highest BCUT2D eigenvalue weighted by Gasteiger charge is 2.40. The molecule has 0 spiro atoms. The molecule has 1 fully saturated rings. The number of rotatable bonds is 9. The quantitative estimate of drug-likeness (QED) is 0.182. The molecule has 0 atom stereocenters. The zero-order valence-electron chi connectivity index (χ0n) is 26.8. The van der Waals surface area contributed by atoms with Crippen molar-refractivity contribution in [3.8, 4) is 11.1 Å². The number of carbonyl (C=O) groups is 2. The number of methoxy groups -OCH3 is 1. The molecule has 2 aromatic carbocycles. The number of halogens is 7. The molecule has 254 valence electrons. The molecule has 0 saturated heterocycles. The highest BCUT2D eigenvalue weighted by molar-refractivity contribution is 5.93. The SMILES string of the molecule is COC(=O)CC1(C)CCC(c2cc(-c3ccc(F)cc3C)c(NCC(=O)C(C)(C)c3cc(C(F)(F)F)cc(C(F)(F)F)c3)cn2)CC1. The van der Waals surface area contributed by atoms with Crippen LogP contribution >= 0.6 is 0 Å². The summed E-state index contributed by atoms with van der Waals surface area (Å²) in [5, 5.41) is 2.99. The maximum Gasteiger partial charge on any atom is 0.416 e. The van der Waals surface area contributed by atoms with Crippen molar-refractivity contribution < 1.29 is 45.1 Å². The molecule has 1 heterocycles. The van der Waals surface area contributed by atoms with E-state index in [1.54, 1.807) is 13.0 Å². The van der Waals surface area contributed by atoms with E-state index >= 15 is 0 Å². The molecule has 1 aromatic heterocycles. The lowest BCUT2D eigenvalue weighted by Crippen LogP contribution is -2.35. The fourth-order valence-electron chi connectivity index (χ4n) is 6.07. The van der Waals surface area contributed by atoms with Gasteiger partial charge >= 0.3 is 18.3 Å². The van der Waals surface area contributed by atoms with E-state index in [0.717, 1.165) is 31.4 Å². The molecular formula is C35H37F7N2O3. The van der Waals surface area contributed by atoms with Crippen LogP contribution in [-0.4, -0.2) is 30.4 Å². The van der Waals surface area contributed by atoms with Gasteiger partial charge in [-0.3, -0.25) is 14.6 Å². The normalized spacial score (nSPS) is 18.9. The molecule has 0 bridgehead atoms. The van der Waals surface area contributed by atoms with Gasteiger partial charge in [-0.05, 0) is 105 Å². The minimum absolute atomic E-state index is 0.0266. The lowest BCUT2D eigenvalue weighted by molar-refractivity contribution is -0.144.